The van der Waals surface area contributed by atoms with Crippen molar-refractivity contribution >= 4 is 15.9 Å². The van der Waals surface area contributed by atoms with Crippen LogP contribution in [0.15, 0.2) is 16.7 Å². The standard InChI is InChI=1S/C14H21BrN2O/c1-2-16-9-11-8-12(15)10-17-14(11)18-13-6-4-3-5-7-13/h8,10,13,16H,2-7,9H2,1H3. The smallest absolute Gasteiger partial charge is 0.218 e. The molecule has 0 amide bonds. The van der Waals surface area contributed by atoms with Gasteiger partial charge in [-0.25, -0.2) is 4.98 Å². The molecule has 18 heavy (non-hydrogen) atoms. The SMILES string of the molecule is CCNCc1cc(Br)cnc1OC1CCCCC1. The van der Waals surface area contributed by atoms with Crippen LogP contribution in [0.4, 0.5) is 0 Å². The molecule has 0 bridgehead atoms. The van der Waals surface area contributed by atoms with Gasteiger partial charge in [0.1, 0.15) is 6.10 Å². The maximum Gasteiger partial charge on any atom is 0.218 e. The number of rotatable bonds is 5. The Kier molecular flexibility index (Phi) is 5.45. The number of nitrogens with one attached hydrogen (secondary N) is 1. The van der Waals surface area contributed by atoms with Crippen molar-refractivity contribution in [2.45, 2.75) is 51.7 Å². The first kappa shape index (κ1) is 13.8. The summed E-state index contributed by atoms with van der Waals surface area (Å²) in [6.45, 7) is 3.87. The lowest BCUT2D eigenvalue weighted by molar-refractivity contribution is 0.147. The van der Waals surface area contributed by atoms with Gasteiger partial charge in [-0.2, -0.15) is 0 Å². The van der Waals surface area contributed by atoms with Crippen molar-refractivity contribution in [2.75, 3.05) is 6.54 Å². The van der Waals surface area contributed by atoms with Gasteiger partial charge in [-0.05, 0) is 54.2 Å². The van der Waals surface area contributed by atoms with Crippen LogP contribution in [0.5, 0.6) is 5.88 Å². The van der Waals surface area contributed by atoms with Gasteiger partial charge in [0, 0.05) is 22.8 Å². The van der Waals surface area contributed by atoms with Gasteiger partial charge < -0.3 is 10.1 Å². The molecule has 3 nitrogen and oxygen atoms in total. The zero-order valence-corrected chi connectivity index (χ0v) is 12.5. The largest absolute Gasteiger partial charge is 0.474 e. The molecule has 1 aliphatic carbocycles. The fraction of sp³-hybridized carbons (Fsp3) is 0.643. The number of halogens is 1. The number of aromatic nitrogens is 1. The topological polar surface area (TPSA) is 34.2 Å². The lowest BCUT2D eigenvalue weighted by atomic mass is 9.98. The van der Waals surface area contributed by atoms with E-state index in [-0.39, 0.29) is 0 Å². The van der Waals surface area contributed by atoms with E-state index in [0.717, 1.165) is 29.0 Å². The molecular formula is C14H21BrN2O. The number of ether oxygens (including phenoxy) is 1. The molecule has 0 aromatic carbocycles. The zero-order chi connectivity index (χ0) is 12.8. The molecule has 0 aliphatic heterocycles. The van der Waals surface area contributed by atoms with E-state index in [1.165, 1.54) is 32.1 Å². The van der Waals surface area contributed by atoms with Gasteiger partial charge in [-0.15, -0.1) is 0 Å². The van der Waals surface area contributed by atoms with E-state index in [0.29, 0.717) is 6.10 Å². The Balaban J connectivity index is 2.04. The third-order valence-electron chi connectivity index (χ3n) is 3.29. The van der Waals surface area contributed by atoms with E-state index in [9.17, 15) is 0 Å². The second-order valence-corrected chi connectivity index (χ2v) is 5.69. The van der Waals surface area contributed by atoms with Crippen molar-refractivity contribution in [3.63, 3.8) is 0 Å². The third-order valence-corrected chi connectivity index (χ3v) is 3.72. The molecule has 1 heterocycles. The quantitative estimate of drug-likeness (QED) is 0.901. The lowest BCUT2D eigenvalue weighted by Gasteiger charge is -2.23. The molecule has 1 aromatic rings. The molecule has 1 saturated carbocycles. The highest BCUT2D eigenvalue weighted by Crippen LogP contribution is 2.26. The molecule has 1 fully saturated rings. The summed E-state index contributed by atoms with van der Waals surface area (Å²) in [5.74, 6) is 0.797. The maximum absolute atomic E-state index is 6.07. The fourth-order valence-corrected chi connectivity index (χ4v) is 2.68. The Morgan fingerprint density at radius 3 is 2.89 bits per heavy atom. The van der Waals surface area contributed by atoms with Crippen molar-refractivity contribution < 1.29 is 4.74 Å². The highest BCUT2D eigenvalue weighted by atomic mass is 79.9. The predicted molar refractivity (Wildman–Crippen MR) is 76.8 cm³/mol. The summed E-state index contributed by atoms with van der Waals surface area (Å²) in [4.78, 5) is 4.42. The Hall–Kier alpha value is -0.610. The van der Waals surface area contributed by atoms with Gasteiger partial charge >= 0.3 is 0 Å². The van der Waals surface area contributed by atoms with Crippen LogP contribution in [0.3, 0.4) is 0 Å². The summed E-state index contributed by atoms with van der Waals surface area (Å²) in [7, 11) is 0. The van der Waals surface area contributed by atoms with Crippen LogP contribution in [0.1, 0.15) is 44.6 Å². The maximum atomic E-state index is 6.07. The zero-order valence-electron chi connectivity index (χ0n) is 10.9. The molecular weight excluding hydrogens is 292 g/mol. The minimum atomic E-state index is 0.354. The molecule has 1 N–H and O–H groups in total. The van der Waals surface area contributed by atoms with Crippen molar-refractivity contribution in [2.24, 2.45) is 0 Å². The summed E-state index contributed by atoms with van der Waals surface area (Å²) in [6, 6.07) is 2.09. The average Bonchev–Trinajstić information content (AvgIpc) is 2.40. The molecule has 0 radical (unpaired) electrons. The number of nitrogens with zero attached hydrogens (tertiary/aromatic N) is 1. The number of pyridine rings is 1. The molecule has 1 aromatic heterocycles. The minimum Gasteiger partial charge on any atom is -0.474 e. The van der Waals surface area contributed by atoms with Crippen LogP contribution < -0.4 is 10.1 Å². The molecule has 2 rings (SSSR count). The average molecular weight is 313 g/mol. The van der Waals surface area contributed by atoms with Gasteiger partial charge in [0.2, 0.25) is 5.88 Å². The molecule has 0 unspecified atom stereocenters. The first-order chi connectivity index (χ1) is 8.79. The van der Waals surface area contributed by atoms with Crippen molar-refractivity contribution in [3.8, 4) is 5.88 Å². The van der Waals surface area contributed by atoms with Gasteiger partial charge in [-0.3, -0.25) is 0 Å². The van der Waals surface area contributed by atoms with Crippen molar-refractivity contribution in [1.29, 1.82) is 0 Å². The summed E-state index contributed by atoms with van der Waals surface area (Å²) in [5.41, 5.74) is 1.14. The summed E-state index contributed by atoms with van der Waals surface area (Å²) >= 11 is 3.47. The van der Waals surface area contributed by atoms with E-state index in [1.807, 2.05) is 6.20 Å². The Labute approximate surface area is 117 Å². The van der Waals surface area contributed by atoms with Crippen LogP contribution in [-0.2, 0) is 6.54 Å². The highest BCUT2D eigenvalue weighted by Gasteiger charge is 2.17. The Morgan fingerprint density at radius 2 is 2.17 bits per heavy atom. The Morgan fingerprint density at radius 1 is 1.39 bits per heavy atom. The van der Waals surface area contributed by atoms with E-state index in [4.69, 9.17) is 4.74 Å². The first-order valence-corrected chi connectivity index (χ1v) is 7.60. The van der Waals surface area contributed by atoms with Crippen LogP contribution in [0.25, 0.3) is 0 Å². The molecule has 1 aliphatic rings. The van der Waals surface area contributed by atoms with Crippen LogP contribution in [0, 0.1) is 0 Å². The van der Waals surface area contributed by atoms with E-state index < -0.39 is 0 Å². The van der Waals surface area contributed by atoms with Gasteiger partial charge in [-0.1, -0.05) is 13.3 Å². The minimum absolute atomic E-state index is 0.354. The number of hydrogen-bond donors (Lipinski definition) is 1. The molecule has 0 saturated heterocycles. The van der Waals surface area contributed by atoms with Crippen LogP contribution in [0.2, 0.25) is 0 Å². The van der Waals surface area contributed by atoms with Crippen molar-refractivity contribution in [1.82, 2.24) is 10.3 Å². The fourth-order valence-electron chi connectivity index (χ4n) is 2.30. The molecule has 4 heteroatoms. The monoisotopic (exact) mass is 312 g/mol. The van der Waals surface area contributed by atoms with E-state index in [1.54, 1.807) is 0 Å². The van der Waals surface area contributed by atoms with E-state index in [2.05, 4.69) is 39.2 Å². The second-order valence-electron chi connectivity index (χ2n) is 4.78. The molecule has 100 valence electrons. The Bertz CT molecular complexity index is 378. The van der Waals surface area contributed by atoms with Crippen LogP contribution >= 0.6 is 15.9 Å². The number of hydrogen-bond acceptors (Lipinski definition) is 3. The van der Waals surface area contributed by atoms with Gasteiger partial charge in [0.05, 0.1) is 0 Å². The predicted octanol–water partition coefficient (Wildman–Crippen LogP) is 3.67. The van der Waals surface area contributed by atoms with Gasteiger partial charge in [0.15, 0.2) is 0 Å². The summed E-state index contributed by atoms with van der Waals surface area (Å²) in [6.07, 6.45) is 8.41. The van der Waals surface area contributed by atoms with E-state index >= 15 is 0 Å². The molecule has 0 atom stereocenters. The summed E-state index contributed by atoms with van der Waals surface area (Å²) in [5, 5.41) is 3.33. The lowest BCUT2D eigenvalue weighted by Crippen LogP contribution is -2.22. The van der Waals surface area contributed by atoms with Crippen LogP contribution in [-0.4, -0.2) is 17.6 Å². The highest BCUT2D eigenvalue weighted by molar-refractivity contribution is 9.10. The van der Waals surface area contributed by atoms with Crippen molar-refractivity contribution in [3.05, 3.63) is 22.3 Å². The first-order valence-electron chi connectivity index (χ1n) is 6.81. The second kappa shape index (κ2) is 7.10. The van der Waals surface area contributed by atoms with Gasteiger partial charge in [0.25, 0.3) is 0 Å². The summed E-state index contributed by atoms with van der Waals surface area (Å²) < 4.78 is 7.07. The molecule has 0 spiro atoms. The third kappa shape index (κ3) is 3.95. The normalized spacial score (nSPS) is 16.8.